The Morgan fingerprint density at radius 3 is 2.62 bits per heavy atom. The first kappa shape index (κ1) is 13.7. The number of hydrogen-bond acceptors (Lipinski definition) is 3. The minimum absolute atomic E-state index is 0.179. The summed E-state index contributed by atoms with van der Waals surface area (Å²) in [5, 5.41) is 2.85. The van der Waals surface area contributed by atoms with Crippen LogP contribution in [0.1, 0.15) is 40.5 Å². The van der Waals surface area contributed by atoms with E-state index in [4.69, 9.17) is 4.74 Å². The highest BCUT2D eigenvalue weighted by Crippen LogP contribution is 2.32. The molecular formula is C12H23NO2S. The normalized spacial score (nSPS) is 18.0. The molecule has 0 aromatic rings. The highest BCUT2D eigenvalue weighted by Gasteiger charge is 2.21. The molecule has 0 radical (unpaired) electrons. The van der Waals surface area contributed by atoms with Crippen molar-refractivity contribution in [1.82, 2.24) is 5.32 Å². The molecule has 1 amide bonds. The minimum atomic E-state index is -0.412. The van der Waals surface area contributed by atoms with Crippen molar-refractivity contribution in [2.45, 2.75) is 52.2 Å². The molecular weight excluding hydrogens is 222 g/mol. The van der Waals surface area contributed by atoms with Gasteiger partial charge in [0, 0.05) is 11.8 Å². The third kappa shape index (κ3) is 6.99. The van der Waals surface area contributed by atoms with Crippen LogP contribution < -0.4 is 5.32 Å². The third-order valence-corrected chi connectivity index (χ3v) is 3.62. The van der Waals surface area contributed by atoms with Crippen LogP contribution in [0.5, 0.6) is 0 Å². The standard InChI is InChI=1S/C12H23NO2S/c1-9(7-16-8-10-5-6-10)13-11(14)15-12(2,3)4/h9-10H,5-8H2,1-4H3,(H,13,14). The zero-order valence-corrected chi connectivity index (χ0v) is 11.5. The smallest absolute Gasteiger partial charge is 0.407 e. The molecule has 4 heteroatoms. The summed E-state index contributed by atoms with van der Waals surface area (Å²) < 4.78 is 5.19. The number of carbonyl (C=O) groups excluding carboxylic acids is 1. The fourth-order valence-corrected chi connectivity index (χ4v) is 2.49. The molecule has 0 saturated heterocycles. The first-order valence-corrected chi connectivity index (χ1v) is 7.09. The molecule has 1 unspecified atom stereocenters. The fourth-order valence-electron chi connectivity index (χ4n) is 1.25. The number of ether oxygens (including phenoxy) is 1. The number of nitrogens with one attached hydrogen (secondary N) is 1. The molecule has 16 heavy (non-hydrogen) atoms. The van der Waals surface area contributed by atoms with Crippen LogP contribution >= 0.6 is 11.8 Å². The topological polar surface area (TPSA) is 38.3 Å². The molecule has 0 bridgehead atoms. The quantitative estimate of drug-likeness (QED) is 0.809. The van der Waals surface area contributed by atoms with Crippen LogP contribution in [0.4, 0.5) is 4.79 Å². The highest BCUT2D eigenvalue weighted by molar-refractivity contribution is 7.99. The molecule has 0 aliphatic heterocycles. The molecule has 3 nitrogen and oxygen atoms in total. The van der Waals surface area contributed by atoms with Crippen molar-refractivity contribution in [2.75, 3.05) is 11.5 Å². The van der Waals surface area contributed by atoms with Crippen molar-refractivity contribution < 1.29 is 9.53 Å². The molecule has 1 N–H and O–H groups in total. The molecule has 1 aliphatic carbocycles. The van der Waals surface area contributed by atoms with Gasteiger partial charge in [-0.25, -0.2) is 4.79 Å². The molecule has 1 atom stereocenters. The molecule has 1 rings (SSSR count). The van der Waals surface area contributed by atoms with Gasteiger partial charge in [0.15, 0.2) is 0 Å². The van der Waals surface area contributed by atoms with Crippen LogP contribution in [0.25, 0.3) is 0 Å². The number of hydrogen-bond donors (Lipinski definition) is 1. The monoisotopic (exact) mass is 245 g/mol. The zero-order valence-electron chi connectivity index (χ0n) is 10.7. The Bertz CT molecular complexity index is 234. The van der Waals surface area contributed by atoms with E-state index in [-0.39, 0.29) is 12.1 Å². The van der Waals surface area contributed by atoms with Crippen LogP contribution in [-0.2, 0) is 4.74 Å². The van der Waals surface area contributed by atoms with E-state index in [1.54, 1.807) is 0 Å². The van der Waals surface area contributed by atoms with Crippen molar-refractivity contribution in [3.05, 3.63) is 0 Å². The van der Waals surface area contributed by atoms with Gasteiger partial charge in [-0.05, 0) is 52.2 Å². The van der Waals surface area contributed by atoms with Crippen LogP contribution in [0, 0.1) is 5.92 Å². The largest absolute Gasteiger partial charge is 0.444 e. The van der Waals surface area contributed by atoms with Crippen LogP contribution in [0.2, 0.25) is 0 Å². The summed E-state index contributed by atoms with van der Waals surface area (Å²) in [6.07, 6.45) is 2.47. The van der Waals surface area contributed by atoms with E-state index < -0.39 is 5.60 Å². The lowest BCUT2D eigenvalue weighted by atomic mass is 10.2. The summed E-state index contributed by atoms with van der Waals surface area (Å²) >= 11 is 1.92. The van der Waals surface area contributed by atoms with E-state index in [0.29, 0.717) is 0 Å². The highest BCUT2D eigenvalue weighted by atomic mass is 32.2. The molecule has 94 valence electrons. The fraction of sp³-hybridized carbons (Fsp3) is 0.917. The second-order valence-corrected chi connectivity index (χ2v) is 6.60. The molecule has 0 aromatic heterocycles. The average Bonchev–Trinajstić information content (AvgIpc) is 2.83. The van der Waals surface area contributed by atoms with E-state index in [9.17, 15) is 4.79 Å². The summed E-state index contributed by atoms with van der Waals surface area (Å²) in [6.45, 7) is 7.64. The maximum atomic E-state index is 11.4. The molecule has 1 saturated carbocycles. The molecule has 1 fully saturated rings. The zero-order chi connectivity index (χ0) is 12.2. The van der Waals surface area contributed by atoms with Gasteiger partial charge in [-0.2, -0.15) is 11.8 Å². The van der Waals surface area contributed by atoms with E-state index in [1.807, 2.05) is 39.5 Å². The Morgan fingerprint density at radius 1 is 1.50 bits per heavy atom. The SMILES string of the molecule is CC(CSCC1CC1)NC(=O)OC(C)(C)C. The van der Waals surface area contributed by atoms with E-state index in [0.717, 1.165) is 11.7 Å². The van der Waals surface area contributed by atoms with E-state index >= 15 is 0 Å². The first-order valence-electron chi connectivity index (χ1n) is 5.94. The Labute approximate surface area is 103 Å². The molecule has 0 spiro atoms. The van der Waals surface area contributed by atoms with Crippen molar-refractivity contribution >= 4 is 17.9 Å². The van der Waals surface area contributed by atoms with Gasteiger partial charge in [0.1, 0.15) is 5.60 Å². The summed E-state index contributed by atoms with van der Waals surface area (Å²) in [4.78, 5) is 11.4. The van der Waals surface area contributed by atoms with Crippen LogP contribution in [0.15, 0.2) is 0 Å². The average molecular weight is 245 g/mol. The Balaban J connectivity index is 2.07. The lowest BCUT2D eigenvalue weighted by molar-refractivity contribution is 0.0513. The molecule has 1 aliphatic rings. The second-order valence-electron chi connectivity index (χ2n) is 5.53. The first-order chi connectivity index (χ1) is 7.37. The van der Waals surface area contributed by atoms with E-state index in [1.165, 1.54) is 18.6 Å². The Morgan fingerprint density at radius 2 is 2.12 bits per heavy atom. The summed E-state index contributed by atoms with van der Waals surface area (Å²) in [5.41, 5.74) is -0.412. The number of carbonyl (C=O) groups is 1. The molecule has 0 aromatic carbocycles. The lowest BCUT2D eigenvalue weighted by Crippen LogP contribution is -2.38. The Hall–Kier alpha value is -0.380. The minimum Gasteiger partial charge on any atom is -0.444 e. The summed E-state index contributed by atoms with van der Waals surface area (Å²) in [5.74, 6) is 3.15. The molecule has 0 heterocycles. The van der Waals surface area contributed by atoms with Gasteiger partial charge in [0.25, 0.3) is 0 Å². The predicted octanol–water partition coefficient (Wildman–Crippen LogP) is 3.04. The van der Waals surface area contributed by atoms with Gasteiger partial charge in [-0.15, -0.1) is 0 Å². The van der Waals surface area contributed by atoms with Gasteiger partial charge in [0.2, 0.25) is 0 Å². The van der Waals surface area contributed by atoms with Gasteiger partial charge >= 0.3 is 6.09 Å². The maximum absolute atomic E-state index is 11.4. The number of amides is 1. The van der Waals surface area contributed by atoms with Crippen molar-refractivity contribution in [3.8, 4) is 0 Å². The summed E-state index contributed by atoms with van der Waals surface area (Å²) in [6, 6.07) is 0.179. The number of thioether (sulfide) groups is 1. The Kier molecular flexibility index (Phi) is 4.96. The van der Waals surface area contributed by atoms with Gasteiger partial charge in [0.05, 0.1) is 0 Å². The van der Waals surface area contributed by atoms with Gasteiger partial charge < -0.3 is 10.1 Å². The van der Waals surface area contributed by atoms with E-state index in [2.05, 4.69) is 5.32 Å². The van der Waals surface area contributed by atoms with Crippen molar-refractivity contribution in [3.63, 3.8) is 0 Å². The second kappa shape index (κ2) is 5.80. The number of alkyl carbamates (subject to hydrolysis) is 1. The van der Waals surface area contributed by atoms with Crippen LogP contribution in [-0.4, -0.2) is 29.2 Å². The number of rotatable bonds is 5. The summed E-state index contributed by atoms with van der Waals surface area (Å²) in [7, 11) is 0. The van der Waals surface area contributed by atoms with Gasteiger partial charge in [-0.1, -0.05) is 0 Å². The van der Waals surface area contributed by atoms with Crippen molar-refractivity contribution in [2.24, 2.45) is 5.92 Å². The van der Waals surface area contributed by atoms with Gasteiger partial charge in [-0.3, -0.25) is 0 Å². The third-order valence-electron chi connectivity index (χ3n) is 2.18. The van der Waals surface area contributed by atoms with Crippen molar-refractivity contribution in [1.29, 1.82) is 0 Å². The van der Waals surface area contributed by atoms with Crippen LogP contribution in [0.3, 0.4) is 0 Å². The maximum Gasteiger partial charge on any atom is 0.407 e. The predicted molar refractivity (Wildman–Crippen MR) is 68.9 cm³/mol. The lowest BCUT2D eigenvalue weighted by Gasteiger charge is -2.21.